The second-order valence-corrected chi connectivity index (χ2v) is 10.5. The van der Waals surface area contributed by atoms with Crippen LogP contribution in [0.4, 0.5) is 0 Å². The molecule has 5 fully saturated rings. The van der Waals surface area contributed by atoms with Crippen LogP contribution in [0.1, 0.15) is 64.2 Å². The third kappa shape index (κ3) is 4.33. The molecule has 0 N–H and O–H groups in total. The number of hydrogen-bond donors (Lipinski definition) is 0. The van der Waals surface area contributed by atoms with E-state index >= 15 is 0 Å². The van der Waals surface area contributed by atoms with Crippen LogP contribution in [-0.2, 0) is 18.3 Å². The Balaban J connectivity index is 1.45. The van der Waals surface area contributed by atoms with Crippen LogP contribution in [-0.4, -0.2) is 19.8 Å². The molecule has 3 atom stereocenters. The Morgan fingerprint density at radius 1 is 1.14 bits per heavy atom. The van der Waals surface area contributed by atoms with E-state index in [4.69, 9.17) is 19.0 Å². The summed E-state index contributed by atoms with van der Waals surface area (Å²) in [6, 6.07) is 1.87. The molecular formula is C21H31NO5P-. The number of methoxy groups -OCH3 is 1. The molecule has 0 heterocycles. The molecule has 0 spiro atoms. The van der Waals surface area contributed by atoms with Gasteiger partial charge in [-0.05, 0) is 80.6 Å². The lowest BCUT2D eigenvalue weighted by atomic mass is 9.53. The van der Waals surface area contributed by atoms with Gasteiger partial charge in [0.1, 0.15) is 0 Å². The second-order valence-electron chi connectivity index (χ2n) is 9.11. The summed E-state index contributed by atoms with van der Waals surface area (Å²) in [5, 5.41) is 8.54. The zero-order valence-corrected chi connectivity index (χ0v) is 17.6. The van der Waals surface area contributed by atoms with Crippen molar-refractivity contribution in [3.05, 3.63) is 11.3 Å². The van der Waals surface area contributed by atoms with E-state index < -0.39 is 7.82 Å². The van der Waals surface area contributed by atoms with Crippen molar-refractivity contribution in [1.29, 1.82) is 5.26 Å². The number of nitrogens with zero attached hydrogens (tertiary/aromatic N) is 1. The number of allylic oxidation sites excluding steroid dienone is 2. The normalized spacial score (nSPS) is 38.7. The number of rotatable bonds is 7. The van der Waals surface area contributed by atoms with Crippen molar-refractivity contribution in [3.63, 3.8) is 0 Å². The third-order valence-corrected chi connectivity index (χ3v) is 8.32. The standard InChI is InChI=1S/C21H32NO5P/c1-25-21(20-17-9-14-8-15(11-17)12-18(20)10-14)16-4-2-5-19(13-16)27-28(23,24)26-7-3-6-22/h14-19H,2-5,7-13H2,1H3,(H,23,24)/p-1. The number of ether oxygens (including phenoxy) is 1. The lowest BCUT2D eigenvalue weighted by Crippen LogP contribution is -2.41. The van der Waals surface area contributed by atoms with Gasteiger partial charge in [-0.1, -0.05) is 6.42 Å². The number of phosphoric acid groups is 1. The molecular weight excluding hydrogens is 377 g/mol. The van der Waals surface area contributed by atoms with E-state index in [2.05, 4.69) is 0 Å². The molecule has 3 unspecified atom stereocenters. The Labute approximate surface area is 167 Å². The maximum absolute atomic E-state index is 12.1. The van der Waals surface area contributed by atoms with E-state index in [9.17, 15) is 9.46 Å². The molecule has 0 aromatic rings. The van der Waals surface area contributed by atoms with Gasteiger partial charge in [0, 0.05) is 5.92 Å². The Morgan fingerprint density at radius 2 is 1.82 bits per heavy atom. The van der Waals surface area contributed by atoms with Gasteiger partial charge in [0.25, 0.3) is 7.82 Å². The lowest BCUT2D eigenvalue weighted by Gasteiger charge is -2.52. The largest absolute Gasteiger partial charge is 0.756 e. The fourth-order valence-corrected chi connectivity index (χ4v) is 7.44. The first-order valence-corrected chi connectivity index (χ1v) is 12.2. The summed E-state index contributed by atoms with van der Waals surface area (Å²) in [7, 11) is -2.59. The van der Waals surface area contributed by atoms with E-state index in [0.717, 1.165) is 30.4 Å². The quantitative estimate of drug-likeness (QED) is 0.354. The molecule has 6 nitrogen and oxygen atoms in total. The minimum absolute atomic E-state index is 0.0353. The summed E-state index contributed by atoms with van der Waals surface area (Å²) in [6.45, 7) is -0.146. The Hall–Kier alpha value is -0.860. The SMILES string of the molecule is COC(=C1C2CC3CC(C2)CC1C3)C1CCCC(OP(=O)([O-])OCCC#N)C1. The average Bonchev–Trinajstić information content (AvgIpc) is 2.64. The molecule has 0 saturated heterocycles. The summed E-state index contributed by atoms with van der Waals surface area (Å²) >= 11 is 0. The Kier molecular flexibility index (Phi) is 6.18. The highest BCUT2D eigenvalue weighted by molar-refractivity contribution is 7.45. The van der Waals surface area contributed by atoms with Gasteiger partial charge < -0.3 is 18.7 Å². The number of hydrogen-bond acceptors (Lipinski definition) is 6. The van der Waals surface area contributed by atoms with Crippen molar-refractivity contribution < 1.29 is 23.2 Å². The maximum Gasteiger partial charge on any atom is 0.268 e. The first-order valence-electron chi connectivity index (χ1n) is 10.8. The minimum Gasteiger partial charge on any atom is -0.756 e. The molecule has 5 aliphatic rings. The van der Waals surface area contributed by atoms with Crippen molar-refractivity contribution in [2.24, 2.45) is 29.6 Å². The summed E-state index contributed by atoms with van der Waals surface area (Å²) in [5.74, 6) is 4.52. The van der Waals surface area contributed by atoms with Gasteiger partial charge >= 0.3 is 0 Å². The first-order chi connectivity index (χ1) is 13.5. The van der Waals surface area contributed by atoms with Crippen LogP contribution in [0.15, 0.2) is 11.3 Å². The van der Waals surface area contributed by atoms with E-state index in [0.29, 0.717) is 24.7 Å². The van der Waals surface area contributed by atoms with Gasteiger partial charge in [-0.2, -0.15) is 5.26 Å². The van der Waals surface area contributed by atoms with Gasteiger partial charge in [-0.25, -0.2) is 0 Å². The van der Waals surface area contributed by atoms with Gasteiger partial charge in [-0.15, -0.1) is 0 Å². The predicted molar refractivity (Wildman–Crippen MR) is 102 cm³/mol. The molecule has 7 heteroatoms. The van der Waals surface area contributed by atoms with Crippen LogP contribution in [0.5, 0.6) is 0 Å². The molecule has 0 radical (unpaired) electrons. The smallest absolute Gasteiger partial charge is 0.268 e. The zero-order chi connectivity index (χ0) is 19.7. The van der Waals surface area contributed by atoms with Crippen LogP contribution >= 0.6 is 7.82 Å². The highest BCUT2D eigenvalue weighted by atomic mass is 31.2. The Bertz CT molecular complexity index is 669. The molecule has 0 aromatic heterocycles. The summed E-state index contributed by atoms with van der Waals surface area (Å²) in [5.41, 5.74) is 1.55. The van der Waals surface area contributed by atoms with Crippen molar-refractivity contribution in [2.45, 2.75) is 70.3 Å². The summed E-state index contributed by atoms with van der Waals surface area (Å²) < 4.78 is 28.2. The summed E-state index contributed by atoms with van der Waals surface area (Å²) in [4.78, 5) is 12.1. The van der Waals surface area contributed by atoms with Gasteiger partial charge in [0.05, 0.1) is 38.1 Å². The first kappa shape index (κ1) is 20.4. The monoisotopic (exact) mass is 408 g/mol. The number of nitriles is 1. The maximum atomic E-state index is 12.1. The topological polar surface area (TPSA) is 91.6 Å². The predicted octanol–water partition coefficient (Wildman–Crippen LogP) is 4.32. The van der Waals surface area contributed by atoms with Gasteiger partial charge in [-0.3, -0.25) is 4.57 Å². The van der Waals surface area contributed by atoms with Crippen molar-refractivity contribution in [1.82, 2.24) is 0 Å². The van der Waals surface area contributed by atoms with Gasteiger partial charge in [0.15, 0.2) is 0 Å². The fraction of sp³-hybridized carbons (Fsp3) is 0.857. The molecule has 156 valence electrons. The lowest BCUT2D eigenvalue weighted by molar-refractivity contribution is -0.230. The van der Waals surface area contributed by atoms with Crippen molar-refractivity contribution in [3.8, 4) is 6.07 Å². The van der Waals surface area contributed by atoms with Crippen molar-refractivity contribution >= 4 is 7.82 Å². The van der Waals surface area contributed by atoms with Crippen LogP contribution in [0.2, 0.25) is 0 Å². The molecule has 0 aliphatic heterocycles. The second kappa shape index (κ2) is 8.48. The van der Waals surface area contributed by atoms with E-state index in [1.165, 1.54) is 32.1 Å². The summed E-state index contributed by atoms with van der Waals surface area (Å²) in [6.07, 6.45) is 9.65. The molecule has 0 amide bonds. The van der Waals surface area contributed by atoms with E-state index in [1.807, 2.05) is 6.07 Å². The van der Waals surface area contributed by atoms with Crippen LogP contribution < -0.4 is 4.89 Å². The average molecular weight is 408 g/mol. The molecule has 28 heavy (non-hydrogen) atoms. The van der Waals surface area contributed by atoms with Gasteiger partial charge in [0.2, 0.25) is 0 Å². The van der Waals surface area contributed by atoms with Crippen molar-refractivity contribution in [2.75, 3.05) is 13.7 Å². The third-order valence-electron chi connectivity index (χ3n) is 7.26. The highest BCUT2D eigenvalue weighted by Gasteiger charge is 2.47. The molecule has 5 rings (SSSR count). The molecule has 5 aliphatic carbocycles. The highest BCUT2D eigenvalue weighted by Crippen LogP contribution is 2.58. The number of phosphoric ester groups is 1. The Morgan fingerprint density at radius 3 is 2.43 bits per heavy atom. The zero-order valence-electron chi connectivity index (χ0n) is 16.7. The fourth-order valence-electron chi connectivity index (χ4n) is 6.51. The van der Waals surface area contributed by atoms with Crippen LogP contribution in [0.3, 0.4) is 0 Å². The molecule has 5 saturated carbocycles. The van der Waals surface area contributed by atoms with Crippen LogP contribution in [0.25, 0.3) is 0 Å². The molecule has 4 bridgehead atoms. The van der Waals surface area contributed by atoms with E-state index in [1.54, 1.807) is 12.7 Å². The van der Waals surface area contributed by atoms with Crippen LogP contribution in [0, 0.1) is 40.9 Å². The van der Waals surface area contributed by atoms with E-state index in [-0.39, 0.29) is 25.0 Å². The molecule has 0 aromatic carbocycles. The minimum atomic E-state index is -4.37.